The summed E-state index contributed by atoms with van der Waals surface area (Å²) >= 11 is 0. The van der Waals surface area contributed by atoms with Crippen LogP contribution in [0.15, 0.2) is 18.2 Å². The minimum absolute atomic E-state index is 0.264. The van der Waals surface area contributed by atoms with Gasteiger partial charge in [0.25, 0.3) is 0 Å². The van der Waals surface area contributed by atoms with Crippen molar-refractivity contribution in [1.29, 1.82) is 0 Å². The lowest BCUT2D eigenvalue weighted by Crippen LogP contribution is -2.14. The van der Waals surface area contributed by atoms with Crippen LogP contribution in [0.5, 0.6) is 5.75 Å². The molecule has 1 aromatic rings. The molecule has 0 aromatic heterocycles. The van der Waals surface area contributed by atoms with E-state index in [-0.39, 0.29) is 6.61 Å². The van der Waals surface area contributed by atoms with Gasteiger partial charge < -0.3 is 9.84 Å². The molecule has 0 bridgehead atoms. The van der Waals surface area contributed by atoms with Crippen LogP contribution in [0.25, 0.3) is 0 Å². The van der Waals surface area contributed by atoms with Crippen LogP contribution in [-0.4, -0.2) is 18.8 Å². The summed E-state index contributed by atoms with van der Waals surface area (Å²) in [5.74, 6) is 1.93. The van der Waals surface area contributed by atoms with Crippen molar-refractivity contribution < 1.29 is 9.84 Å². The number of aliphatic hydroxyl groups excluding tert-OH is 1. The Hall–Kier alpha value is -1.02. The van der Waals surface area contributed by atoms with Gasteiger partial charge in [-0.25, -0.2) is 0 Å². The normalized spacial score (nSPS) is 17.9. The predicted molar refractivity (Wildman–Crippen MR) is 74.2 cm³/mol. The van der Waals surface area contributed by atoms with Crippen molar-refractivity contribution in [3.05, 3.63) is 29.3 Å². The fourth-order valence-electron chi connectivity index (χ4n) is 3.19. The van der Waals surface area contributed by atoms with Gasteiger partial charge in [-0.3, -0.25) is 0 Å². The molecule has 1 aliphatic carbocycles. The zero-order valence-electron chi connectivity index (χ0n) is 11.5. The molecule has 2 heteroatoms. The summed E-state index contributed by atoms with van der Waals surface area (Å²) in [5.41, 5.74) is 2.52. The summed E-state index contributed by atoms with van der Waals surface area (Å²) < 4.78 is 5.37. The second-order valence-electron chi connectivity index (χ2n) is 5.26. The first-order valence-electron chi connectivity index (χ1n) is 7.07. The second kappa shape index (κ2) is 6.24. The van der Waals surface area contributed by atoms with E-state index in [2.05, 4.69) is 19.1 Å². The van der Waals surface area contributed by atoms with Crippen molar-refractivity contribution >= 4 is 0 Å². The lowest BCUT2D eigenvalue weighted by atomic mass is 9.84. The molecule has 0 aliphatic heterocycles. The molecule has 1 unspecified atom stereocenters. The van der Waals surface area contributed by atoms with Gasteiger partial charge in [0.2, 0.25) is 0 Å². The fourth-order valence-corrected chi connectivity index (χ4v) is 3.19. The average molecular weight is 248 g/mol. The van der Waals surface area contributed by atoms with Gasteiger partial charge >= 0.3 is 0 Å². The predicted octanol–water partition coefficient (Wildman–Crippen LogP) is 3.52. The first-order chi connectivity index (χ1) is 8.80. The smallest absolute Gasteiger partial charge is 0.122 e. The highest BCUT2D eigenvalue weighted by Crippen LogP contribution is 2.38. The van der Waals surface area contributed by atoms with E-state index in [9.17, 15) is 5.11 Å². The number of rotatable bonds is 5. The molecule has 2 rings (SSSR count). The third-order valence-electron chi connectivity index (χ3n) is 4.28. The first-order valence-corrected chi connectivity index (χ1v) is 7.07. The van der Waals surface area contributed by atoms with Crippen molar-refractivity contribution in [2.24, 2.45) is 5.92 Å². The Morgan fingerprint density at radius 2 is 2.06 bits per heavy atom. The zero-order chi connectivity index (χ0) is 13.0. The molecule has 1 atom stereocenters. The van der Waals surface area contributed by atoms with Crippen LogP contribution < -0.4 is 4.74 Å². The molecule has 0 spiro atoms. The lowest BCUT2D eigenvalue weighted by Gasteiger charge is -2.22. The summed E-state index contributed by atoms with van der Waals surface area (Å²) in [7, 11) is 1.72. The molecule has 0 heterocycles. The summed E-state index contributed by atoms with van der Waals surface area (Å²) in [5, 5.41) is 9.70. The highest BCUT2D eigenvalue weighted by molar-refractivity contribution is 5.39. The lowest BCUT2D eigenvalue weighted by molar-refractivity contribution is 0.226. The maximum atomic E-state index is 9.70. The maximum Gasteiger partial charge on any atom is 0.122 e. The first kappa shape index (κ1) is 13.4. The highest BCUT2D eigenvalue weighted by Gasteiger charge is 2.26. The SMILES string of the molecule is CCc1cc(C(CO)C2CCCC2)ccc1OC. The standard InChI is InChI=1S/C16H24O2/c1-3-12-10-14(8-9-16(12)18-2)15(11-17)13-6-4-5-7-13/h8-10,13,15,17H,3-7,11H2,1-2H3. The van der Waals surface area contributed by atoms with E-state index in [1.165, 1.54) is 36.8 Å². The van der Waals surface area contributed by atoms with Gasteiger partial charge in [-0.2, -0.15) is 0 Å². The minimum atomic E-state index is 0.264. The molecule has 1 N–H and O–H groups in total. The Balaban J connectivity index is 2.24. The maximum absolute atomic E-state index is 9.70. The number of hydrogen-bond acceptors (Lipinski definition) is 2. The van der Waals surface area contributed by atoms with Gasteiger partial charge in [0, 0.05) is 5.92 Å². The van der Waals surface area contributed by atoms with Crippen molar-refractivity contribution in [3.63, 3.8) is 0 Å². The number of methoxy groups -OCH3 is 1. The number of aliphatic hydroxyl groups is 1. The topological polar surface area (TPSA) is 29.5 Å². The fraction of sp³-hybridized carbons (Fsp3) is 0.625. The molecule has 0 amide bonds. The Kier molecular flexibility index (Phi) is 4.65. The quantitative estimate of drug-likeness (QED) is 0.864. The molecule has 100 valence electrons. The molecule has 0 saturated heterocycles. The second-order valence-corrected chi connectivity index (χ2v) is 5.26. The van der Waals surface area contributed by atoms with E-state index in [0.29, 0.717) is 11.8 Å². The Morgan fingerprint density at radius 3 is 2.61 bits per heavy atom. The van der Waals surface area contributed by atoms with Crippen LogP contribution in [0, 0.1) is 5.92 Å². The molecule has 2 nitrogen and oxygen atoms in total. The molecular weight excluding hydrogens is 224 g/mol. The van der Waals surface area contributed by atoms with Crippen molar-refractivity contribution in [2.45, 2.75) is 44.9 Å². The van der Waals surface area contributed by atoms with Gasteiger partial charge in [0.15, 0.2) is 0 Å². The molecule has 1 aliphatic rings. The Labute approximate surface area is 110 Å². The molecular formula is C16H24O2. The summed E-state index contributed by atoms with van der Waals surface area (Å²) in [6.07, 6.45) is 6.13. The highest BCUT2D eigenvalue weighted by atomic mass is 16.5. The monoisotopic (exact) mass is 248 g/mol. The van der Waals surface area contributed by atoms with Crippen LogP contribution in [0.2, 0.25) is 0 Å². The van der Waals surface area contributed by atoms with Crippen LogP contribution >= 0.6 is 0 Å². The summed E-state index contributed by atoms with van der Waals surface area (Å²) in [6, 6.07) is 6.39. The van der Waals surface area contributed by atoms with Gasteiger partial charge in [0.05, 0.1) is 13.7 Å². The van der Waals surface area contributed by atoms with E-state index in [4.69, 9.17) is 4.74 Å². The van der Waals surface area contributed by atoms with E-state index in [1.54, 1.807) is 7.11 Å². The number of ether oxygens (including phenoxy) is 1. The van der Waals surface area contributed by atoms with Crippen LogP contribution in [0.4, 0.5) is 0 Å². The van der Waals surface area contributed by atoms with Gasteiger partial charge in [-0.1, -0.05) is 31.9 Å². The van der Waals surface area contributed by atoms with Gasteiger partial charge in [-0.05, 0) is 42.4 Å². The van der Waals surface area contributed by atoms with E-state index in [0.717, 1.165) is 12.2 Å². The largest absolute Gasteiger partial charge is 0.496 e. The van der Waals surface area contributed by atoms with Gasteiger partial charge in [-0.15, -0.1) is 0 Å². The third kappa shape index (κ3) is 2.69. The van der Waals surface area contributed by atoms with Crippen molar-refractivity contribution in [1.82, 2.24) is 0 Å². The Bertz CT molecular complexity index is 381. The average Bonchev–Trinajstić information content (AvgIpc) is 2.93. The van der Waals surface area contributed by atoms with Crippen molar-refractivity contribution in [3.8, 4) is 5.75 Å². The zero-order valence-corrected chi connectivity index (χ0v) is 11.5. The summed E-state index contributed by atoms with van der Waals surface area (Å²) in [4.78, 5) is 0. The summed E-state index contributed by atoms with van der Waals surface area (Å²) in [6.45, 7) is 2.41. The minimum Gasteiger partial charge on any atom is -0.496 e. The molecule has 1 saturated carbocycles. The van der Waals surface area contributed by atoms with Crippen molar-refractivity contribution in [2.75, 3.05) is 13.7 Å². The van der Waals surface area contributed by atoms with E-state index < -0.39 is 0 Å². The molecule has 1 aromatic carbocycles. The molecule has 18 heavy (non-hydrogen) atoms. The molecule has 1 fully saturated rings. The number of hydrogen-bond donors (Lipinski definition) is 1. The number of aryl methyl sites for hydroxylation is 1. The molecule has 0 radical (unpaired) electrons. The van der Waals surface area contributed by atoms with Crippen LogP contribution in [0.1, 0.15) is 49.7 Å². The van der Waals surface area contributed by atoms with Crippen LogP contribution in [0.3, 0.4) is 0 Å². The van der Waals surface area contributed by atoms with E-state index in [1.807, 2.05) is 6.07 Å². The number of benzene rings is 1. The third-order valence-corrected chi connectivity index (χ3v) is 4.28. The van der Waals surface area contributed by atoms with Crippen LogP contribution in [-0.2, 0) is 6.42 Å². The van der Waals surface area contributed by atoms with Gasteiger partial charge in [0.1, 0.15) is 5.75 Å². The Morgan fingerprint density at radius 1 is 1.33 bits per heavy atom. The van der Waals surface area contributed by atoms with E-state index >= 15 is 0 Å².